The van der Waals surface area contributed by atoms with E-state index in [9.17, 15) is 9.59 Å². The number of aromatic nitrogens is 2. The van der Waals surface area contributed by atoms with E-state index in [0.29, 0.717) is 23.2 Å². The molecule has 0 fully saturated rings. The molecule has 3 aromatic rings. The Morgan fingerprint density at radius 2 is 1.96 bits per heavy atom. The van der Waals surface area contributed by atoms with Gasteiger partial charge in [0.2, 0.25) is 0 Å². The lowest BCUT2D eigenvalue weighted by Gasteiger charge is -2.25. The number of halogens is 1. The van der Waals surface area contributed by atoms with Gasteiger partial charge in [-0.3, -0.25) is 14.7 Å². The zero-order valence-electron chi connectivity index (χ0n) is 12.7. The molecule has 1 aliphatic heterocycles. The number of benzene rings is 1. The van der Waals surface area contributed by atoms with Crippen molar-refractivity contribution in [1.29, 1.82) is 0 Å². The molecule has 0 aliphatic carbocycles. The van der Waals surface area contributed by atoms with Gasteiger partial charge in [-0.2, -0.15) is 0 Å². The molecule has 0 saturated heterocycles. The van der Waals surface area contributed by atoms with Crippen LogP contribution in [-0.2, 0) is 13.0 Å². The summed E-state index contributed by atoms with van der Waals surface area (Å²) in [6.45, 7) is 0.820. The average Bonchev–Trinajstić information content (AvgIpc) is 3.19. The molecular formula is C17H14BrN3O3. The third kappa shape index (κ3) is 2.50. The molecule has 0 spiro atoms. The Kier molecular flexibility index (Phi) is 3.65. The van der Waals surface area contributed by atoms with Crippen LogP contribution in [0.2, 0.25) is 0 Å². The van der Waals surface area contributed by atoms with E-state index in [4.69, 9.17) is 4.42 Å². The number of hydrogen-bond donors (Lipinski definition) is 1. The smallest absolute Gasteiger partial charge is 0.289 e. The molecule has 24 heavy (non-hydrogen) atoms. The number of rotatable bonds is 2. The Labute approximate surface area is 145 Å². The van der Waals surface area contributed by atoms with Gasteiger partial charge in [-0.15, -0.1) is 0 Å². The van der Waals surface area contributed by atoms with E-state index in [1.54, 1.807) is 17.0 Å². The quantitative estimate of drug-likeness (QED) is 0.734. The van der Waals surface area contributed by atoms with Crippen molar-refractivity contribution >= 4 is 21.8 Å². The second-order valence-electron chi connectivity index (χ2n) is 5.63. The molecule has 0 radical (unpaired) electrons. The summed E-state index contributed by atoms with van der Waals surface area (Å²) in [6.07, 6.45) is 0.609. The normalized spacial score (nSPS) is 13.8. The molecule has 1 N–H and O–H groups in total. The summed E-state index contributed by atoms with van der Waals surface area (Å²) in [4.78, 5) is 26.8. The molecule has 4 rings (SSSR count). The van der Waals surface area contributed by atoms with E-state index < -0.39 is 0 Å². The first-order valence-electron chi connectivity index (χ1n) is 7.56. The third-order valence-electron chi connectivity index (χ3n) is 4.14. The monoisotopic (exact) mass is 387 g/mol. The number of amides is 1. The van der Waals surface area contributed by atoms with E-state index >= 15 is 0 Å². The van der Waals surface area contributed by atoms with Crippen LogP contribution in [0.1, 0.15) is 21.8 Å². The van der Waals surface area contributed by atoms with Crippen LogP contribution >= 0.6 is 15.9 Å². The Balaban J connectivity index is 1.65. The highest BCUT2D eigenvalue weighted by Gasteiger charge is 2.28. The van der Waals surface area contributed by atoms with Gasteiger partial charge in [0.1, 0.15) is 0 Å². The Hall–Kier alpha value is -2.54. The standard InChI is InChI=1S/C17H14BrN3O3/c18-15-7-6-14(24-15)17(23)20-9-8-13-12(10-20)16(22)21(19-13)11-4-2-1-3-5-11/h1-7,19H,8-10H2. The molecule has 3 heterocycles. The minimum atomic E-state index is -0.210. The van der Waals surface area contributed by atoms with Crippen molar-refractivity contribution < 1.29 is 9.21 Å². The highest BCUT2D eigenvalue weighted by Crippen LogP contribution is 2.20. The summed E-state index contributed by atoms with van der Waals surface area (Å²) in [6, 6.07) is 12.7. The van der Waals surface area contributed by atoms with E-state index in [2.05, 4.69) is 21.0 Å². The van der Waals surface area contributed by atoms with Crippen LogP contribution in [0.5, 0.6) is 0 Å². The van der Waals surface area contributed by atoms with Crippen molar-refractivity contribution in [3.05, 3.63) is 74.5 Å². The second kappa shape index (κ2) is 5.83. The van der Waals surface area contributed by atoms with Gasteiger partial charge in [-0.1, -0.05) is 18.2 Å². The lowest BCUT2D eigenvalue weighted by molar-refractivity contribution is 0.0700. The van der Waals surface area contributed by atoms with Crippen molar-refractivity contribution in [3.63, 3.8) is 0 Å². The number of fused-ring (bicyclic) bond motifs is 1. The number of carbonyl (C=O) groups is 1. The number of aromatic amines is 1. The van der Waals surface area contributed by atoms with Gasteiger partial charge in [0.25, 0.3) is 11.5 Å². The van der Waals surface area contributed by atoms with Crippen LogP contribution in [0.15, 0.2) is 56.3 Å². The van der Waals surface area contributed by atoms with Gasteiger partial charge in [0.15, 0.2) is 10.4 Å². The topological polar surface area (TPSA) is 71.2 Å². The highest BCUT2D eigenvalue weighted by atomic mass is 79.9. The molecule has 1 amide bonds. The van der Waals surface area contributed by atoms with Crippen molar-refractivity contribution in [1.82, 2.24) is 14.7 Å². The fourth-order valence-corrected chi connectivity index (χ4v) is 3.23. The van der Waals surface area contributed by atoms with Crippen molar-refractivity contribution in [2.45, 2.75) is 13.0 Å². The number of furan rings is 1. The van der Waals surface area contributed by atoms with Gasteiger partial charge in [-0.05, 0) is 40.2 Å². The lowest BCUT2D eigenvalue weighted by atomic mass is 10.1. The van der Waals surface area contributed by atoms with Gasteiger partial charge in [-0.25, -0.2) is 4.68 Å². The zero-order chi connectivity index (χ0) is 16.7. The minimum absolute atomic E-state index is 0.116. The molecule has 0 atom stereocenters. The molecular weight excluding hydrogens is 374 g/mol. The lowest BCUT2D eigenvalue weighted by Crippen LogP contribution is -2.37. The van der Waals surface area contributed by atoms with Crippen molar-refractivity contribution in [2.24, 2.45) is 0 Å². The minimum Gasteiger partial charge on any atom is -0.444 e. The van der Waals surface area contributed by atoms with Crippen LogP contribution in [0.25, 0.3) is 5.69 Å². The summed E-state index contributed by atoms with van der Waals surface area (Å²) >= 11 is 3.20. The van der Waals surface area contributed by atoms with Crippen molar-refractivity contribution in [3.8, 4) is 5.69 Å². The molecule has 2 aromatic heterocycles. The van der Waals surface area contributed by atoms with Gasteiger partial charge >= 0.3 is 0 Å². The molecule has 1 aromatic carbocycles. The predicted octanol–water partition coefficient (Wildman–Crippen LogP) is 2.72. The number of nitrogens with one attached hydrogen (secondary N) is 1. The molecule has 0 saturated carbocycles. The molecule has 0 bridgehead atoms. The first-order chi connectivity index (χ1) is 11.6. The first kappa shape index (κ1) is 15.0. The fourth-order valence-electron chi connectivity index (χ4n) is 2.92. The van der Waals surface area contributed by atoms with E-state index in [1.807, 2.05) is 30.3 Å². The molecule has 122 valence electrons. The first-order valence-corrected chi connectivity index (χ1v) is 8.35. The maximum absolute atomic E-state index is 12.7. The summed E-state index contributed by atoms with van der Waals surface area (Å²) in [5.74, 6) is 0.0578. The van der Waals surface area contributed by atoms with Crippen LogP contribution in [0, 0.1) is 0 Å². The van der Waals surface area contributed by atoms with Crippen LogP contribution in [0.4, 0.5) is 0 Å². The van der Waals surface area contributed by atoms with Gasteiger partial charge in [0.05, 0.1) is 17.8 Å². The Morgan fingerprint density at radius 1 is 1.17 bits per heavy atom. The highest BCUT2D eigenvalue weighted by molar-refractivity contribution is 9.10. The number of nitrogens with zero attached hydrogens (tertiary/aromatic N) is 2. The zero-order valence-corrected chi connectivity index (χ0v) is 14.2. The molecule has 6 nitrogen and oxygen atoms in total. The van der Waals surface area contributed by atoms with E-state index in [-0.39, 0.29) is 23.8 Å². The summed E-state index contributed by atoms with van der Waals surface area (Å²) < 4.78 is 7.37. The van der Waals surface area contributed by atoms with E-state index in [0.717, 1.165) is 11.4 Å². The Morgan fingerprint density at radius 3 is 2.67 bits per heavy atom. The van der Waals surface area contributed by atoms with Gasteiger partial charge in [0, 0.05) is 18.7 Å². The van der Waals surface area contributed by atoms with Gasteiger partial charge < -0.3 is 9.32 Å². The summed E-state index contributed by atoms with van der Waals surface area (Å²) in [5.41, 5.74) is 2.18. The second-order valence-corrected chi connectivity index (χ2v) is 6.41. The fraction of sp³-hybridized carbons (Fsp3) is 0.176. The van der Waals surface area contributed by atoms with Crippen LogP contribution < -0.4 is 5.56 Å². The third-order valence-corrected chi connectivity index (χ3v) is 4.56. The average molecular weight is 388 g/mol. The maximum Gasteiger partial charge on any atom is 0.289 e. The largest absolute Gasteiger partial charge is 0.444 e. The van der Waals surface area contributed by atoms with Crippen molar-refractivity contribution in [2.75, 3.05) is 6.54 Å². The summed E-state index contributed by atoms with van der Waals surface area (Å²) in [7, 11) is 0. The van der Waals surface area contributed by atoms with Crippen LogP contribution in [-0.4, -0.2) is 27.1 Å². The number of para-hydroxylation sites is 1. The SMILES string of the molecule is O=C(c1ccc(Br)o1)N1CCc2[nH]n(-c3ccccc3)c(=O)c2C1. The predicted molar refractivity (Wildman–Crippen MR) is 91.2 cm³/mol. The number of H-pyrrole nitrogens is 1. The Bertz CT molecular complexity index is 955. The molecule has 1 aliphatic rings. The van der Waals surface area contributed by atoms with Crippen LogP contribution in [0.3, 0.4) is 0 Å². The van der Waals surface area contributed by atoms with E-state index in [1.165, 1.54) is 4.68 Å². The summed E-state index contributed by atoms with van der Waals surface area (Å²) in [5, 5.41) is 3.16. The molecule has 0 unspecified atom stereocenters. The number of hydrogen-bond acceptors (Lipinski definition) is 3. The number of carbonyl (C=O) groups excluding carboxylic acids is 1. The maximum atomic E-state index is 12.7. The molecule has 7 heteroatoms.